The standard InChI is InChI=1S/C19H27NO6/c1-12(19(22)20-14-7-5-6-8-14)26-17(21)11-13-9-15(23-2)18(25-4)16(10-13)24-3/h9-10,12,14H,5-8,11H2,1-4H3,(H,20,22)/t12-/m0/s1. The van der Waals surface area contributed by atoms with E-state index in [1.165, 1.54) is 21.3 Å². The van der Waals surface area contributed by atoms with Crippen molar-refractivity contribution in [3.63, 3.8) is 0 Å². The van der Waals surface area contributed by atoms with E-state index < -0.39 is 12.1 Å². The van der Waals surface area contributed by atoms with Gasteiger partial charge < -0.3 is 24.3 Å². The van der Waals surface area contributed by atoms with E-state index in [1.807, 2.05) is 0 Å². The number of amides is 1. The van der Waals surface area contributed by atoms with Crippen LogP contribution in [0.25, 0.3) is 0 Å². The van der Waals surface area contributed by atoms with Crippen LogP contribution in [0, 0.1) is 0 Å². The lowest BCUT2D eigenvalue weighted by Crippen LogP contribution is -2.41. The maximum Gasteiger partial charge on any atom is 0.311 e. The summed E-state index contributed by atoms with van der Waals surface area (Å²) >= 11 is 0. The predicted octanol–water partition coefficient (Wildman–Crippen LogP) is 2.25. The Bertz CT molecular complexity index is 614. The third-order valence-electron chi connectivity index (χ3n) is 4.45. The van der Waals surface area contributed by atoms with E-state index in [0.29, 0.717) is 22.8 Å². The third kappa shape index (κ3) is 5.03. The third-order valence-corrected chi connectivity index (χ3v) is 4.45. The maximum atomic E-state index is 12.2. The highest BCUT2D eigenvalue weighted by molar-refractivity contribution is 5.84. The Morgan fingerprint density at radius 1 is 1.08 bits per heavy atom. The molecule has 7 nitrogen and oxygen atoms in total. The minimum Gasteiger partial charge on any atom is -0.493 e. The summed E-state index contributed by atoms with van der Waals surface area (Å²) in [6, 6.07) is 3.57. The topological polar surface area (TPSA) is 83.1 Å². The maximum absolute atomic E-state index is 12.2. The Balaban J connectivity index is 1.97. The summed E-state index contributed by atoms with van der Waals surface area (Å²) in [5, 5.41) is 2.93. The van der Waals surface area contributed by atoms with Crippen LogP contribution in [0.4, 0.5) is 0 Å². The molecule has 0 radical (unpaired) electrons. The Morgan fingerprint density at radius 2 is 1.65 bits per heavy atom. The normalized spacial score (nSPS) is 15.2. The van der Waals surface area contributed by atoms with Crippen LogP contribution < -0.4 is 19.5 Å². The number of hydrogen-bond acceptors (Lipinski definition) is 6. The summed E-state index contributed by atoms with van der Waals surface area (Å²) in [6.45, 7) is 1.58. The molecule has 1 N–H and O–H groups in total. The molecular formula is C19H27NO6. The van der Waals surface area contributed by atoms with Gasteiger partial charge in [-0.1, -0.05) is 12.8 Å². The van der Waals surface area contributed by atoms with E-state index in [-0.39, 0.29) is 18.4 Å². The minimum absolute atomic E-state index is 0.00222. The highest BCUT2D eigenvalue weighted by Gasteiger charge is 2.23. The Labute approximate surface area is 153 Å². The first-order valence-corrected chi connectivity index (χ1v) is 8.77. The number of ether oxygens (including phenoxy) is 4. The Kier molecular flexibility index (Phi) is 7.12. The zero-order valence-corrected chi connectivity index (χ0v) is 15.8. The molecule has 0 saturated heterocycles. The first-order valence-electron chi connectivity index (χ1n) is 8.77. The molecule has 7 heteroatoms. The molecule has 2 rings (SSSR count). The van der Waals surface area contributed by atoms with Crippen LogP contribution in [-0.4, -0.2) is 45.4 Å². The summed E-state index contributed by atoms with van der Waals surface area (Å²) in [7, 11) is 4.53. The minimum atomic E-state index is -0.829. The smallest absolute Gasteiger partial charge is 0.311 e. The van der Waals surface area contributed by atoms with E-state index >= 15 is 0 Å². The molecule has 1 saturated carbocycles. The number of nitrogens with one attached hydrogen (secondary N) is 1. The van der Waals surface area contributed by atoms with Crippen molar-refractivity contribution >= 4 is 11.9 Å². The number of hydrogen-bond donors (Lipinski definition) is 1. The molecule has 0 unspecified atom stereocenters. The molecule has 0 spiro atoms. The van der Waals surface area contributed by atoms with Gasteiger partial charge in [0.2, 0.25) is 5.75 Å². The molecule has 1 aromatic rings. The second-order valence-corrected chi connectivity index (χ2v) is 6.33. The Morgan fingerprint density at radius 3 is 2.15 bits per heavy atom. The summed E-state index contributed by atoms with van der Waals surface area (Å²) in [5.74, 6) is 0.628. The van der Waals surface area contributed by atoms with E-state index in [0.717, 1.165) is 25.7 Å². The fourth-order valence-electron chi connectivity index (χ4n) is 3.09. The van der Waals surface area contributed by atoms with Gasteiger partial charge in [-0.05, 0) is 37.5 Å². The van der Waals surface area contributed by atoms with Crippen molar-refractivity contribution in [2.75, 3.05) is 21.3 Å². The molecule has 144 valence electrons. The average molecular weight is 365 g/mol. The van der Waals surface area contributed by atoms with Crippen molar-refractivity contribution in [3.8, 4) is 17.2 Å². The van der Waals surface area contributed by atoms with Gasteiger partial charge >= 0.3 is 5.97 Å². The lowest BCUT2D eigenvalue weighted by molar-refractivity contribution is -0.154. The van der Waals surface area contributed by atoms with Crippen LogP contribution in [0.1, 0.15) is 38.2 Å². The van der Waals surface area contributed by atoms with Gasteiger partial charge in [-0.15, -0.1) is 0 Å². The number of carbonyl (C=O) groups is 2. The number of carbonyl (C=O) groups excluding carboxylic acids is 2. The van der Waals surface area contributed by atoms with Crippen LogP contribution in [0.5, 0.6) is 17.2 Å². The average Bonchev–Trinajstić information content (AvgIpc) is 3.13. The molecule has 1 aromatic carbocycles. The molecule has 0 aromatic heterocycles. The van der Waals surface area contributed by atoms with Crippen LogP contribution >= 0.6 is 0 Å². The fraction of sp³-hybridized carbons (Fsp3) is 0.579. The van der Waals surface area contributed by atoms with Gasteiger partial charge in [0.05, 0.1) is 27.8 Å². The molecule has 1 amide bonds. The van der Waals surface area contributed by atoms with Crippen molar-refractivity contribution < 1.29 is 28.5 Å². The van der Waals surface area contributed by atoms with Gasteiger partial charge in [0.1, 0.15) is 0 Å². The van der Waals surface area contributed by atoms with Crippen LogP contribution in [0.3, 0.4) is 0 Å². The summed E-state index contributed by atoms with van der Waals surface area (Å²) in [6.07, 6.45) is 3.39. The van der Waals surface area contributed by atoms with E-state index in [2.05, 4.69) is 5.32 Å². The fourth-order valence-corrected chi connectivity index (χ4v) is 3.09. The molecule has 0 aliphatic heterocycles. The van der Waals surface area contributed by atoms with Crippen LogP contribution in [0.15, 0.2) is 12.1 Å². The highest BCUT2D eigenvalue weighted by atomic mass is 16.5. The molecule has 1 aliphatic rings. The van der Waals surface area contributed by atoms with E-state index in [9.17, 15) is 9.59 Å². The SMILES string of the molecule is COc1cc(CC(=O)O[C@@H](C)C(=O)NC2CCCC2)cc(OC)c1OC. The second kappa shape index (κ2) is 9.31. The number of rotatable bonds is 8. The van der Waals surface area contributed by atoms with Gasteiger partial charge in [0.25, 0.3) is 5.91 Å². The molecule has 0 bridgehead atoms. The molecule has 1 fully saturated rings. The molecular weight excluding hydrogens is 338 g/mol. The molecule has 1 atom stereocenters. The number of esters is 1. The largest absolute Gasteiger partial charge is 0.493 e. The molecule has 26 heavy (non-hydrogen) atoms. The van der Waals surface area contributed by atoms with Gasteiger partial charge in [0.15, 0.2) is 17.6 Å². The molecule has 1 aliphatic carbocycles. The quantitative estimate of drug-likeness (QED) is 0.712. The first kappa shape index (κ1) is 19.9. The lowest BCUT2D eigenvalue weighted by Gasteiger charge is -2.17. The van der Waals surface area contributed by atoms with E-state index in [1.54, 1.807) is 19.1 Å². The first-order chi connectivity index (χ1) is 12.5. The highest BCUT2D eigenvalue weighted by Crippen LogP contribution is 2.38. The Hall–Kier alpha value is -2.44. The van der Waals surface area contributed by atoms with Gasteiger partial charge in [-0.3, -0.25) is 9.59 Å². The van der Waals surface area contributed by atoms with Crippen molar-refractivity contribution in [2.45, 2.75) is 51.2 Å². The van der Waals surface area contributed by atoms with Crippen molar-refractivity contribution in [1.82, 2.24) is 5.32 Å². The summed E-state index contributed by atoms with van der Waals surface area (Å²) < 4.78 is 21.1. The zero-order valence-electron chi connectivity index (χ0n) is 15.8. The second-order valence-electron chi connectivity index (χ2n) is 6.33. The molecule has 0 heterocycles. The lowest BCUT2D eigenvalue weighted by atomic mass is 10.1. The van der Waals surface area contributed by atoms with Crippen molar-refractivity contribution in [3.05, 3.63) is 17.7 Å². The van der Waals surface area contributed by atoms with Gasteiger partial charge in [-0.2, -0.15) is 0 Å². The number of benzene rings is 1. The van der Waals surface area contributed by atoms with Crippen LogP contribution in [0.2, 0.25) is 0 Å². The van der Waals surface area contributed by atoms with Crippen molar-refractivity contribution in [1.29, 1.82) is 0 Å². The monoisotopic (exact) mass is 365 g/mol. The van der Waals surface area contributed by atoms with Crippen molar-refractivity contribution in [2.24, 2.45) is 0 Å². The number of methoxy groups -OCH3 is 3. The van der Waals surface area contributed by atoms with Crippen LogP contribution in [-0.2, 0) is 20.7 Å². The van der Waals surface area contributed by atoms with Gasteiger partial charge in [-0.25, -0.2) is 0 Å². The summed E-state index contributed by atoms with van der Waals surface area (Å²) in [5.41, 5.74) is 0.646. The zero-order chi connectivity index (χ0) is 19.1. The van der Waals surface area contributed by atoms with E-state index in [4.69, 9.17) is 18.9 Å². The predicted molar refractivity (Wildman–Crippen MR) is 95.8 cm³/mol. The van der Waals surface area contributed by atoms with Gasteiger partial charge in [0, 0.05) is 6.04 Å². The summed E-state index contributed by atoms with van der Waals surface area (Å²) in [4.78, 5) is 24.3.